The van der Waals surface area contributed by atoms with Crippen molar-refractivity contribution in [1.82, 2.24) is 4.90 Å². The molecule has 0 aromatic heterocycles. The summed E-state index contributed by atoms with van der Waals surface area (Å²) in [7, 11) is 1.64. The van der Waals surface area contributed by atoms with Gasteiger partial charge in [0.25, 0.3) is 0 Å². The van der Waals surface area contributed by atoms with Crippen LogP contribution in [0.15, 0.2) is 24.3 Å². The smallest absolute Gasteiger partial charge is 0.307 e. The first-order chi connectivity index (χ1) is 11.1. The van der Waals surface area contributed by atoms with Crippen molar-refractivity contribution in [3.63, 3.8) is 0 Å². The van der Waals surface area contributed by atoms with Gasteiger partial charge in [-0.3, -0.25) is 9.59 Å². The van der Waals surface area contributed by atoms with Gasteiger partial charge in [0, 0.05) is 19.0 Å². The zero-order valence-electron chi connectivity index (χ0n) is 14.1. The molecule has 126 valence electrons. The molecule has 1 aliphatic carbocycles. The molecule has 0 bridgehead atoms. The van der Waals surface area contributed by atoms with Gasteiger partial charge in [0.1, 0.15) is 5.75 Å². The number of amides is 1. The number of hydrogen-bond acceptors (Lipinski definition) is 4. The highest BCUT2D eigenvalue weighted by molar-refractivity contribution is 5.83. The van der Waals surface area contributed by atoms with Gasteiger partial charge in [-0.25, -0.2) is 0 Å². The first-order valence-corrected chi connectivity index (χ1v) is 8.19. The van der Waals surface area contributed by atoms with Crippen LogP contribution in [0.5, 0.6) is 5.75 Å². The van der Waals surface area contributed by atoms with Crippen LogP contribution >= 0.6 is 0 Å². The van der Waals surface area contributed by atoms with Crippen LogP contribution in [0.3, 0.4) is 0 Å². The summed E-state index contributed by atoms with van der Waals surface area (Å²) in [6, 6.07) is 7.89. The minimum atomic E-state index is -0.249. The molecule has 1 aromatic rings. The molecule has 1 aromatic carbocycles. The maximum Gasteiger partial charge on any atom is 0.307 e. The summed E-state index contributed by atoms with van der Waals surface area (Å²) in [6.45, 7) is 5.14. The van der Waals surface area contributed by atoms with E-state index < -0.39 is 0 Å². The Morgan fingerprint density at radius 2 is 1.91 bits per heavy atom. The minimum absolute atomic E-state index is 0.0329. The van der Waals surface area contributed by atoms with Gasteiger partial charge in [-0.15, -0.1) is 0 Å². The second kappa shape index (κ2) is 7.99. The molecule has 23 heavy (non-hydrogen) atoms. The summed E-state index contributed by atoms with van der Waals surface area (Å²) < 4.78 is 10.1. The lowest BCUT2D eigenvalue weighted by Gasteiger charge is -2.20. The van der Waals surface area contributed by atoms with Crippen molar-refractivity contribution in [2.45, 2.75) is 32.6 Å². The van der Waals surface area contributed by atoms with E-state index in [9.17, 15) is 9.59 Å². The second-order valence-corrected chi connectivity index (χ2v) is 5.69. The molecule has 0 heterocycles. The van der Waals surface area contributed by atoms with E-state index in [2.05, 4.69) is 0 Å². The number of ether oxygens (including phenoxy) is 2. The molecule has 2 rings (SSSR count). The van der Waals surface area contributed by atoms with Crippen molar-refractivity contribution >= 4 is 11.9 Å². The van der Waals surface area contributed by atoms with Gasteiger partial charge in [0.15, 0.2) is 0 Å². The lowest BCUT2D eigenvalue weighted by Crippen LogP contribution is -2.34. The van der Waals surface area contributed by atoms with Gasteiger partial charge in [-0.2, -0.15) is 0 Å². The van der Waals surface area contributed by atoms with Crippen molar-refractivity contribution in [2.24, 2.45) is 5.92 Å². The van der Waals surface area contributed by atoms with Crippen LogP contribution in [0.4, 0.5) is 0 Å². The molecule has 0 aliphatic heterocycles. The van der Waals surface area contributed by atoms with Crippen LogP contribution in [-0.2, 0) is 14.3 Å². The third-order valence-corrected chi connectivity index (χ3v) is 4.24. The molecule has 1 fully saturated rings. The lowest BCUT2D eigenvalue weighted by atomic mass is 10.1. The van der Waals surface area contributed by atoms with Gasteiger partial charge in [0.2, 0.25) is 5.91 Å². The maximum absolute atomic E-state index is 12.6. The standard InChI is InChI=1S/C18H25NO4/c1-4-19(11-10-17(20)23-5-2)18(21)16-12-15(16)13-6-8-14(22-3)9-7-13/h6-9,15-16H,4-5,10-12H2,1-3H3. The fourth-order valence-electron chi connectivity index (χ4n) is 2.81. The molecular weight excluding hydrogens is 294 g/mol. The van der Waals surface area contributed by atoms with E-state index in [0.717, 1.165) is 12.2 Å². The highest BCUT2D eigenvalue weighted by Gasteiger charge is 2.45. The molecule has 0 saturated heterocycles. The lowest BCUT2D eigenvalue weighted by molar-refractivity contribution is -0.144. The highest BCUT2D eigenvalue weighted by Crippen LogP contribution is 2.48. The number of esters is 1. The Labute approximate surface area is 137 Å². The molecule has 5 heteroatoms. The molecule has 2 atom stereocenters. The summed E-state index contributed by atoms with van der Waals surface area (Å²) in [5, 5.41) is 0. The van der Waals surface area contributed by atoms with Crippen LogP contribution in [-0.4, -0.2) is 43.6 Å². The first-order valence-electron chi connectivity index (χ1n) is 8.19. The monoisotopic (exact) mass is 319 g/mol. The maximum atomic E-state index is 12.6. The van der Waals surface area contributed by atoms with Crippen LogP contribution in [0.2, 0.25) is 0 Å². The quantitative estimate of drug-likeness (QED) is 0.691. The van der Waals surface area contributed by atoms with Crippen molar-refractivity contribution in [3.05, 3.63) is 29.8 Å². The Bertz CT molecular complexity index is 540. The fraction of sp³-hybridized carbons (Fsp3) is 0.556. The zero-order chi connectivity index (χ0) is 16.8. The average molecular weight is 319 g/mol. The molecule has 5 nitrogen and oxygen atoms in total. The van der Waals surface area contributed by atoms with E-state index >= 15 is 0 Å². The number of carbonyl (C=O) groups excluding carboxylic acids is 2. The molecule has 0 N–H and O–H groups in total. The van der Waals surface area contributed by atoms with E-state index in [0.29, 0.717) is 19.7 Å². The van der Waals surface area contributed by atoms with Gasteiger partial charge in [-0.1, -0.05) is 12.1 Å². The van der Waals surface area contributed by atoms with E-state index in [1.807, 2.05) is 31.2 Å². The molecule has 1 saturated carbocycles. The Morgan fingerprint density at radius 1 is 1.22 bits per heavy atom. The third-order valence-electron chi connectivity index (χ3n) is 4.24. The van der Waals surface area contributed by atoms with E-state index in [1.54, 1.807) is 18.9 Å². The summed E-state index contributed by atoms with van der Waals surface area (Å²) in [5.74, 6) is 1.02. The number of hydrogen-bond donors (Lipinski definition) is 0. The zero-order valence-corrected chi connectivity index (χ0v) is 14.1. The van der Waals surface area contributed by atoms with Crippen LogP contribution in [0, 0.1) is 5.92 Å². The predicted octanol–water partition coefficient (Wildman–Crippen LogP) is 2.60. The average Bonchev–Trinajstić information content (AvgIpc) is 3.36. The van der Waals surface area contributed by atoms with Crippen molar-refractivity contribution in [1.29, 1.82) is 0 Å². The van der Waals surface area contributed by atoms with Crippen LogP contribution in [0.1, 0.15) is 38.2 Å². The summed E-state index contributed by atoms with van der Waals surface area (Å²) in [5.41, 5.74) is 1.17. The number of nitrogens with zero attached hydrogens (tertiary/aromatic N) is 1. The Balaban J connectivity index is 1.88. The highest BCUT2D eigenvalue weighted by atomic mass is 16.5. The van der Waals surface area contributed by atoms with E-state index in [1.165, 1.54) is 5.56 Å². The van der Waals surface area contributed by atoms with Gasteiger partial charge in [0.05, 0.1) is 20.1 Å². The fourth-order valence-corrected chi connectivity index (χ4v) is 2.81. The Hall–Kier alpha value is -2.04. The summed E-state index contributed by atoms with van der Waals surface area (Å²) in [4.78, 5) is 25.8. The van der Waals surface area contributed by atoms with Crippen LogP contribution < -0.4 is 4.74 Å². The number of rotatable bonds is 8. The third kappa shape index (κ3) is 4.47. The van der Waals surface area contributed by atoms with E-state index in [-0.39, 0.29) is 30.1 Å². The van der Waals surface area contributed by atoms with Crippen molar-refractivity contribution in [3.8, 4) is 5.75 Å². The molecule has 0 radical (unpaired) electrons. The van der Waals surface area contributed by atoms with E-state index in [4.69, 9.17) is 9.47 Å². The largest absolute Gasteiger partial charge is 0.497 e. The number of methoxy groups -OCH3 is 1. The van der Waals surface area contributed by atoms with Gasteiger partial charge >= 0.3 is 5.97 Å². The van der Waals surface area contributed by atoms with Gasteiger partial charge < -0.3 is 14.4 Å². The Morgan fingerprint density at radius 3 is 2.48 bits per heavy atom. The Kier molecular flexibility index (Phi) is 6.02. The number of benzene rings is 1. The SMILES string of the molecule is CCOC(=O)CCN(CC)C(=O)C1CC1c1ccc(OC)cc1. The molecule has 1 aliphatic rings. The second-order valence-electron chi connectivity index (χ2n) is 5.69. The predicted molar refractivity (Wildman–Crippen MR) is 87.3 cm³/mol. The normalized spacial score (nSPS) is 19.1. The summed E-state index contributed by atoms with van der Waals surface area (Å²) >= 11 is 0. The van der Waals surface area contributed by atoms with Crippen LogP contribution in [0.25, 0.3) is 0 Å². The molecule has 0 spiro atoms. The molecule has 1 amide bonds. The number of carbonyl (C=O) groups is 2. The first kappa shape index (κ1) is 17.3. The topological polar surface area (TPSA) is 55.8 Å². The van der Waals surface area contributed by atoms with Crippen molar-refractivity contribution < 1.29 is 19.1 Å². The van der Waals surface area contributed by atoms with Gasteiger partial charge in [-0.05, 0) is 43.9 Å². The molecular formula is C18H25NO4. The summed E-state index contributed by atoms with van der Waals surface area (Å²) in [6.07, 6.45) is 1.13. The minimum Gasteiger partial charge on any atom is -0.497 e. The van der Waals surface area contributed by atoms with Crippen molar-refractivity contribution in [2.75, 3.05) is 26.8 Å². The molecule has 2 unspecified atom stereocenters.